The fourth-order valence-corrected chi connectivity index (χ4v) is 3.76. The minimum atomic E-state index is 0. The van der Waals surface area contributed by atoms with Crippen LogP contribution in [0, 0.1) is 11.3 Å². The Hall–Kier alpha value is -0.530. The van der Waals surface area contributed by atoms with Gasteiger partial charge in [0.25, 0.3) is 0 Å². The molecule has 0 unspecified atom stereocenters. The molecule has 2 fully saturated rings. The Morgan fingerprint density at radius 1 is 1.07 bits per heavy atom. The van der Waals surface area contributed by atoms with Crippen molar-refractivity contribution in [2.24, 2.45) is 11.7 Å². The van der Waals surface area contributed by atoms with Gasteiger partial charge in [-0.3, -0.25) is 5.41 Å². The number of aliphatic hydroxyl groups excluding tert-OH is 1. The third-order valence-electron chi connectivity index (χ3n) is 4.89. The number of nitrogens with one attached hydrogen (secondary N) is 3. The molecule has 0 aliphatic carbocycles. The molecular weight excluding hydrogens is 586 g/mol. The molecule has 3 heterocycles. The van der Waals surface area contributed by atoms with Crippen molar-refractivity contribution in [3.05, 3.63) is 34.5 Å². The molecule has 6 N–H and O–H groups in total. The van der Waals surface area contributed by atoms with E-state index in [1.54, 1.807) is 12.4 Å². The maximum Gasteiger partial charge on any atom is 1.00 e. The first-order valence-corrected chi connectivity index (χ1v) is 12.6. The number of halogens is 3. The third-order valence-corrected chi connectivity index (χ3v) is 5.28. The van der Waals surface area contributed by atoms with Crippen LogP contribution in [0.1, 0.15) is 53.7 Å². The zero-order chi connectivity index (χ0) is 27.9. The molecule has 40 heavy (non-hydrogen) atoms. The van der Waals surface area contributed by atoms with E-state index >= 15 is 0 Å². The summed E-state index contributed by atoms with van der Waals surface area (Å²) < 4.78 is 1.91. The summed E-state index contributed by atoms with van der Waals surface area (Å²) in [5.41, 5.74) is 5.32. The monoisotopic (exact) mass is 642 g/mol. The molecular formula is C26H57Cl3N8NaO2+. The van der Waals surface area contributed by atoms with Gasteiger partial charge in [-0.15, -0.1) is 12.4 Å². The van der Waals surface area contributed by atoms with Gasteiger partial charge < -0.3 is 31.5 Å². The quantitative estimate of drug-likeness (QED) is 0.134. The van der Waals surface area contributed by atoms with Crippen molar-refractivity contribution in [2.45, 2.75) is 46.5 Å². The second kappa shape index (κ2) is 34.7. The maximum atomic E-state index is 8.25. The normalized spacial score (nSPS) is 14.1. The van der Waals surface area contributed by atoms with Crippen LogP contribution < -0.4 is 51.0 Å². The SMILES string of the molecule is C.C.CN(C)/C=C(\Cl)C=[N+](C)C.CO.C[O-].Cl.Clc1cnc(C2CCNCC2)nc1.N=C(N)C1CCNCC1.[2HH].[Na+]. The molecule has 0 radical (unpaired) electrons. The number of nitrogens with zero attached hydrogens (tertiary/aromatic N) is 4. The van der Waals surface area contributed by atoms with Crippen LogP contribution in [0.3, 0.4) is 0 Å². The summed E-state index contributed by atoms with van der Waals surface area (Å²) in [4.78, 5) is 10.4. The van der Waals surface area contributed by atoms with Crippen LogP contribution in [-0.4, -0.2) is 105 Å². The van der Waals surface area contributed by atoms with Gasteiger partial charge in [-0.25, -0.2) is 14.5 Å². The van der Waals surface area contributed by atoms with Crippen LogP contribution in [0.15, 0.2) is 23.6 Å². The zero-order valence-corrected chi connectivity index (χ0v) is 28.3. The van der Waals surface area contributed by atoms with E-state index in [2.05, 4.69) is 20.6 Å². The van der Waals surface area contributed by atoms with Gasteiger partial charge in [0.05, 0.1) is 10.9 Å². The number of piperidine rings is 2. The second-order valence-electron chi connectivity index (χ2n) is 8.33. The summed E-state index contributed by atoms with van der Waals surface area (Å²) in [7, 11) is 9.50. The molecule has 0 amide bonds. The average Bonchev–Trinajstić information content (AvgIpc) is 2.88. The summed E-state index contributed by atoms with van der Waals surface area (Å²) in [6.45, 7) is 4.17. The third kappa shape index (κ3) is 29.0. The topological polar surface area (TPSA) is 149 Å². The summed E-state index contributed by atoms with van der Waals surface area (Å²) in [5.74, 6) is 2.16. The Labute approximate surface area is 283 Å². The first kappa shape index (κ1) is 52.1. The van der Waals surface area contributed by atoms with Crippen molar-refractivity contribution in [1.29, 1.82) is 5.41 Å². The Kier molecular flexibility index (Phi) is 45.2. The molecule has 0 atom stereocenters. The number of hydrogen-bond acceptors (Lipinski definition) is 8. The van der Waals surface area contributed by atoms with Crippen molar-refractivity contribution in [3.8, 4) is 0 Å². The van der Waals surface area contributed by atoms with E-state index in [0.717, 1.165) is 76.9 Å². The maximum absolute atomic E-state index is 8.25. The predicted molar refractivity (Wildman–Crippen MR) is 172 cm³/mol. The van der Waals surface area contributed by atoms with E-state index in [0.29, 0.717) is 22.7 Å². The fraction of sp³-hybridized carbons (Fsp3) is 0.692. The first-order chi connectivity index (χ1) is 17.2. The van der Waals surface area contributed by atoms with Crippen molar-refractivity contribution in [1.82, 2.24) is 25.5 Å². The van der Waals surface area contributed by atoms with Crippen LogP contribution in [0.2, 0.25) is 5.02 Å². The number of amidine groups is 1. The van der Waals surface area contributed by atoms with Crippen LogP contribution >= 0.6 is 35.6 Å². The van der Waals surface area contributed by atoms with Crippen molar-refractivity contribution < 1.29 is 45.8 Å². The van der Waals surface area contributed by atoms with Gasteiger partial charge in [-0.1, -0.05) is 38.1 Å². The smallest absolute Gasteiger partial charge is 0.857 e. The largest absolute Gasteiger partial charge is 1.00 e. The molecule has 10 nitrogen and oxygen atoms in total. The molecule has 0 aromatic carbocycles. The van der Waals surface area contributed by atoms with Gasteiger partial charge in [0.1, 0.15) is 25.0 Å². The Balaban J connectivity index is -0.0000000764. The molecule has 0 bridgehead atoms. The number of aliphatic hydroxyl groups is 1. The number of rotatable bonds is 4. The van der Waals surface area contributed by atoms with E-state index < -0.39 is 0 Å². The molecule has 1 aromatic rings. The minimum absolute atomic E-state index is 0. The zero-order valence-electron chi connectivity index (χ0n) is 24.0. The van der Waals surface area contributed by atoms with Gasteiger partial charge in [-0.05, 0) is 51.9 Å². The number of aromatic nitrogens is 2. The molecule has 0 saturated carbocycles. The summed E-state index contributed by atoms with van der Waals surface area (Å²) in [6.07, 6.45) is 11.4. The summed E-state index contributed by atoms with van der Waals surface area (Å²) in [5, 5.41) is 30.3. The molecule has 234 valence electrons. The van der Waals surface area contributed by atoms with Gasteiger partial charge >= 0.3 is 29.6 Å². The first-order valence-electron chi connectivity index (χ1n) is 11.8. The molecule has 14 heteroatoms. The van der Waals surface area contributed by atoms with E-state index in [4.69, 9.17) is 44.6 Å². The van der Waals surface area contributed by atoms with E-state index in [1.807, 2.05) is 50.1 Å². The molecule has 0 spiro atoms. The van der Waals surface area contributed by atoms with E-state index in [1.165, 1.54) is 0 Å². The van der Waals surface area contributed by atoms with E-state index in [9.17, 15) is 0 Å². The summed E-state index contributed by atoms with van der Waals surface area (Å²) in [6, 6.07) is 0. The van der Waals surface area contributed by atoms with Crippen molar-refractivity contribution in [2.75, 3.05) is 68.6 Å². The minimum Gasteiger partial charge on any atom is -0.857 e. The van der Waals surface area contributed by atoms with Gasteiger partial charge in [0.15, 0.2) is 6.21 Å². The standard InChI is InChI=1S/C9H12ClN3.C7H14ClN2.C6H13N3.CH4O.CH3O.2CH4.ClH.Na.H2/c10-8-5-12-9(13-6-8)7-1-3-11-4-2-7;1-9(2)5-7(8)6-10(3)4;7-6(8)5-1-3-9-4-2-5;2*1-2;;;;;/h5-7,11H,1-4H2;5-6H,1-4H3;5,9H,1-4H2,(H3,7,8);2H,1H3;1H3;2*1H4;1H;;1H/q;+1;;;-1;;;;+1;/i;;;;;;;;;1+1. The van der Waals surface area contributed by atoms with Crippen LogP contribution in [0.25, 0.3) is 0 Å². The molecule has 1 aromatic heterocycles. The van der Waals surface area contributed by atoms with Crippen molar-refractivity contribution in [3.63, 3.8) is 0 Å². The van der Waals surface area contributed by atoms with Crippen LogP contribution in [0.5, 0.6) is 0 Å². The van der Waals surface area contributed by atoms with Gasteiger partial charge in [0.2, 0.25) is 0 Å². The average molecular weight is 644 g/mol. The van der Waals surface area contributed by atoms with E-state index in [-0.39, 0.29) is 58.2 Å². The molecule has 2 aliphatic rings. The Morgan fingerprint density at radius 2 is 1.48 bits per heavy atom. The predicted octanol–water partition coefficient (Wildman–Crippen LogP) is 0.0191. The Bertz CT molecular complexity index is 749. The second-order valence-corrected chi connectivity index (χ2v) is 9.21. The fourth-order valence-electron chi connectivity index (χ4n) is 3.27. The van der Waals surface area contributed by atoms with Gasteiger partial charge in [0, 0.05) is 53.1 Å². The number of hydrogen-bond donors (Lipinski definition) is 5. The van der Waals surface area contributed by atoms with Crippen molar-refractivity contribution >= 4 is 47.7 Å². The molecule has 2 saturated heterocycles. The molecule has 2 aliphatic heterocycles. The number of allylic oxidation sites excluding steroid dienone is 1. The molecule has 3 rings (SSSR count). The summed E-state index contributed by atoms with van der Waals surface area (Å²) >= 11 is 11.5. The van der Waals surface area contributed by atoms with Gasteiger partial charge in [-0.2, -0.15) is 7.11 Å². The van der Waals surface area contributed by atoms with Crippen LogP contribution in [-0.2, 0) is 0 Å². The van der Waals surface area contributed by atoms with Crippen LogP contribution in [0.4, 0.5) is 0 Å². The number of nitrogens with two attached hydrogens (primary N) is 1. The Morgan fingerprint density at radius 3 is 1.80 bits per heavy atom.